The summed E-state index contributed by atoms with van der Waals surface area (Å²) in [7, 11) is 1.30. The zero-order chi connectivity index (χ0) is 26.0. The minimum Gasteiger partial charge on any atom is -0.465 e. The van der Waals surface area contributed by atoms with Crippen molar-refractivity contribution in [2.75, 3.05) is 19.0 Å². The number of methoxy groups -OCH3 is 1. The fourth-order valence-electron chi connectivity index (χ4n) is 3.77. The van der Waals surface area contributed by atoms with Crippen LogP contribution in [-0.4, -0.2) is 35.2 Å². The van der Waals surface area contributed by atoms with E-state index in [9.17, 15) is 22.4 Å². The molecule has 0 amide bonds. The van der Waals surface area contributed by atoms with Gasteiger partial charge in [-0.25, -0.2) is 14.2 Å². The summed E-state index contributed by atoms with van der Waals surface area (Å²) < 4.78 is 64.4. The molecule has 188 valence electrons. The number of hydrogen-bond donors (Lipinski definition) is 1. The van der Waals surface area contributed by atoms with Gasteiger partial charge in [-0.3, -0.25) is 4.40 Å². The van der Waals surface area contributed by atoms with Gasteiger partial charge in [0.25, 0.3) is 0 Å². The van der Waals surface area contributed by atoms with Crippen LogP contribution in [0.5, 0.6) is 11.5 Å². The average Bonchev–Trinajstić information content (AvgIpc) is 3.24. The van der Waals surface area contributed by atoms with Gasteiger partial charge in [0.05, 0.1) is 42.9 Å². The monoisotopic (exact) mass is 501 g/mol. The Morgan fingerprint density at radius 1 is 1.08 bits per heavy atom. The Kier molecular flexibility index (Phi) is 6.87. The second-order valence-corrected chi connectivity index (χ2v) is 8.25. The number of ether oxygens (including phenoxy) is 2. The number of imidazole rings is 1. The topological polar surface area (TPSA) is 64.9 Å². The maximum Gasteiger partial charge on any atom is 0.390 e. The van der Waals surface area contributed by atoms with Crippen molar-refractivity contribution in [2.24, 2.45) is 0 Å². The Balaban J connectivity index is 1.79. The van der Waals surface area contributed by atoms with Crippen LogP contribution in [0.15, 0.2) is 54.9 Å². The number of halogens is 4. The second kappa shape index (κ2) is 9.88. The molecule has 6 nitrogen and oxygen atoms in total. The van der Waals surface area contributed by atoms with Crippen molar-refractivity contribution in [3.8, 4) is 22.8 Å². The summed E-state index contributed by atoms with van der Waals surface area (Å²) in [6.07, 6.45) is -2.15. The van der Waals surface area contributed by atoms with Crippen molar-refractivity contribution in [3.05, 3.63) is 77.4 Å². The lowest BCUT2D eigenvalue weighted by Crippen LogP contribution is -2.15. The summed E-state index contributed by atoms with van der Waals surface area (Å²) in [6.45, 7) is 3.16. The molecule has 0 aliphatic heterocycles. The third kappa shape index (κ3) is 5.42. The van der Waals surface area contributed by atoms with E-state index in [4.69, 9.17) is 9.47 Å². The van der Waals surface area contributed by atoms with Gasteiger partial charge in [0, 0.05) is 24.2 Å². The number of pyridine rings is 1. The van der Waals surface area contributed by atoms with Gasteiger partial charge in [-0.15, -0.1) is 0 Å². The van der Waals surface area contributed by atoms with Crippen LogP contribution in [0.1, 0.15) is 27.9 Å². The van der Waals surface area contributed by atoms with Gasteiger partial charge in [-0.1, -0.05) is 12.1 Å². The molecule has 1 N–H and O–H groups in total. The molecule has 4 aromatic rings. The molecule has 0 bridgehead atoms. The highest BCUT2D eigenvalue weighted by Gasteiger charge is 2.26. The highest BCUT2D eigenvalue weighted by Crippen LogP contribution is 2.33. The van der Waals surface area contributed by atoms with E-state index >= 15 is 0 Å². The standard InChI is InChI=1S/C26H23F4N3O3/c1-15-4-6-18(27)11-23(15)36-19-12-21(31-9-8-26(28,29)30)24-32-13-22(33(24)14-19)17-5-7-20(16(2)10-17)25(34)35-3/h4-7,10-14,31H,8-9H2,1-3H3. The molecule has 0 unspecified atom stereocenters. The number of nitrogens with one attached hydrogen (secondary N) is 1. The number of nitrogens with zero attached hydrogens (tertiary/aromatic N) is 2. The maximum atomic E-state index is 13.8. The van der Waals surface area contributed by atoms with Gasteiger partial charge in [0.2, 0.25) is 0 Å². The minimum atomic E-state index is -4.32. The summed E-state index contributed by atoms with van der Waals surface area (Å²) in [5, 5.41) is 2.79. The Morgan fingerprint density at radius 2 is 1.86 bits per heavy atom. The number of alkyl halides is 3. The van der Waals surface area contributed by atoms with Gasteiger partial charge in [0.15, 0.2) is 5.65 Å². The molecule has 0 radical (unpaired) electrons. The normalized spacial score (nSPS) is 11.5. The molecule has 0 aliphatic rings. The molecule has 4 rings (SSSR count). The van der Waals surface area contributed by atoms with E-state index in [2.05, 4.69) is 10.3 Å². The van der Waals surface area contributed by atoms with E-state index in [0.717, 1.165) is 0 Å². The molecule has 36 heavy (non-hydrogen) atoms. The van der Waals surface area contributed by atoms with E-state index < -0.39 is 24.4 Å². The van der Waals surface area contributed by atoms with Crippen molar-refractivity contribution in [1.82, 2.24) is 9.38 Å². The molecule has 2 aromatic heterocycles. The largest absolute Gasteiger partial charge is 0.465 e. The lowest BCUT2D eigenvalue weighted by Gasteiger charge is -2.15. The van der Waals surface area contributed by atoms with Crippen LogP contribution >= 0.6 is 0 Å². The Labute approximate surface area is 204 Å². The lowest BCUT2D eigenvalue weighted by atomic mass is 10.0. The molecule has 0 aliphatic carbocycles. The predicted octanol–water partition coefficient (Wildman–Crippen LogP) is 6.70. The predicted molar refractivity (Wildman–Crippen MR) is 127 cm³/mol. The number of rotatable bonds is 7. The molecular weight excluding hydrogens is 478 g/mol. The third-order valence-corrected chi connectivity index (χ3v) is 5.61. The van der Waals surface area contributed by atoms with E-state index in [-0.39, 0.29) is 18.0 Å². The number of esters is 1. The van der Waals surface area contributed by atoms with Crippen molar-refractivity contribution in [2.45, 2.75) is 26.4 Å². The van der Waals surface area contributed by atoms with Crippen LogP contribution in [0.3, 0.4) is 0 Å². The highest BCUT2D eigenvalue weighted by molar-refractivity contribution is 5.91. The molecule has 0 saturated heterocycles. The number of fused-ring (bicyclic) bond motifs is 1. The van der Waals surface area contributed by atoms with Gasteiger partial charge in [0.1, 0.15) is 17.3 Å². The first-order valence-electron chi connectivity index (χ1n) is 11.0. The first kappa shape index (κ1) is 25.0. The number of carbonyl (C=O) groups excluding carboxylic acids is 1. The Hall–Kier alpha value is -4.08. The van der Waals surface area contributed by atoms with E-state index in [0.29, 0.717) is 39.3 Å². The van der Waals surface area contributed by atoms with Crippen LogP contribution in [0.25, 0.3) is 16.9 Å². The molecule has 0 fully saturated rings. The van der Waals surface area contributed by atoms with Crippen LogP contribution in [0.2, 0.25) is 0 Å². The van der Waals surface area contributed by atoms with Crippen molar-refractivity contribution < 1.29 is 31.8 Å². The average molecular weight is 501 g/mol. The van der Waals surface area contributed by atoms with Crippen LogP contribution < -0.4 is 10.1 Å². The summed E-state index contributed by atoms with van der Waals surface area (Å²) in [5.74, 6) is -0.400. The Morgan fingerprint density at radius 3 is 2.56 bits per heavy atom. The Bertz CT molecular complexity index is 1430. The molecular formula is C26H23F4N3O3. The SMILES string of the molecule is COC(=O)c1ccc(-c2cnc3c(NCCC(F)(F)F)cc(Oc4cc(F)ccc4C)cn23)cc1C. The van der Waals surface area contributed by atoms with Crippen LogP contribution in [0, 0.1) is 19.7 Å². The van der Waals surface area contributed by atoms with Crippen LogP contribution in [-0.2, 0) is 4.74 Å². The number of anilines is 1. The summed E-state index contributed by atoms with van der Waals surface area (Å²) >= 11 is 0. The first-order valence-corrected chi connectivity index (χ1v) is 11.0. The van der Waals surface area contributed by atoms with Gasteiger partial charge in [-0.2, -0.15) is 13.2 Å². The number of aromatic nitrogens is 2. The van der Waals surface area contributed by atoms with E-state index in [1.165, 1.54) is 25.3 Å². The second-order valence-electron chi connectivity index (χ2n) is 8.25. The zero-order valence-electron chi connectivity index (χ0n) is 19.7. The van der Waals surface area contributed by atoms with Gasteiger partial charge in [-0.05, 0) is 43.2 Å². The minimum absolute atomic E-state index is 0.271. The van der Waals surface area contributed by atoms with E-state index in [1.54, 1.807) is 54.9 Å². The number of carbonyl (C=O) groups is 1. The molecule has 0 atom stereocenters. The zero-order valence-corrected chi connectivity index (χ0v) is 19.7. The summed E-state index contributed by atoms with van der Waals surface area (Å²) in [5.41, 5.74) is 3.81. The van der Waals surface area contributed by atoms with Gasteiger partial charge < -0.3 is 14.8 Å². The number of hydrogen-bond acceptors (Lipinski definition) is 5. The van der Waals surface area contributed by atoms with Crippen molar-refractivity contribution >= 4 is 17.3 Å². The van der Waals surface area contributed by atoms with Crippen molar-refractivity contribution in [3.63, 3.8) is 0 Å². The molecule has 10 heteroatoms. The molecule has 0 spiro atoms. The maximum absolute atomic E-state index is 13.8. The first-order chi connectivity index (χ1) is 17.1. The van der Waals surface area contributed by atoms with E-state index in [1.807, 2.05) is 0 Å². The highest BCUT2D eigenvalue weighted by atomic mass is 19.4. The fraction of sp³-hybridized carbons (Fsp3) is 0.231. The fourth-order valence-corrected chi connectivity index (χ4v) is 3.77. The molecule has 2 aromatic carbocycles. The third-order valence-electron chi connectivity index (χ3n) is 5.61. The summed E-state index contributed by atoms with van der Waals surface area (Å²) in [4.78, 5) is 16.4. The molecule has 2 heterocycles. The summed E-state index contributed by atoms with van der Waals surface area (Å²) in [6, 6.07) is 10.8. The quantitative estimate of drug-likeness (QED) is 0.226. The van der Waals surface area contributed by atoms with Crippen molar-refractivity contribution in [1.29, 1.82) is 0 Å². The number of benzene rings is 2. The molecule has 0 saturated carbocycles. The van der Waals surface area contributed by atoms with Gasteiger partial charge >= 0.3 is 12.1 Å². The number of aryl methyl sites for hydroxylation is 2. The van der Waals surface area contributed by atoms with Crippen LogP contribution in [0.4, 0.5) is 23.2 Å². The lowest BCUT2D eigenvalue weighted by molar-refractivity contribution is -0.131. The smallest absolute Gasteiger partial charge is 0.390 e.